The lowest BCUT2D eigenvalue weighted by atomic mass is 9.99. The summed E-state index contributed by atoms with van der Waals surface area (Å²) in [5, 5.41) is 3.37. The summed E-state index contributed by atoms with van der Waals surface area (Å²) in [4.78, 5) is 16.8. The number of nitrogens with one attached hydrogen (secondary N) is 1. The predicted octanol–water partition coefficient (Wildman–Crippen LogP) is 1.13. The molecule has 104 valence electrons. The van der Waals surface area contributed by atoms with Gasteiger partial charge in [-0.25, -0.2) is 0 Å². The van der Waals surface area contributed by atoms with Crippen molar-refractivity contribution in [1.29, 1.82) is 0 Å². The van der Waals surface area contributed by atoms with E-state index in [-0.39, 0.29) is 6.04 Å². The molecular weight excluding hydrogens is 226 g/mol. The van der Waals surface area contributed by atoms with Crippen molar-refractivity contribution in [2.75, 3.05) is 32.8 Å². The van der Waals surface area contributed by atoms with Crippen molar-refractivity contribution in [3.8, 4) is 0 Å². The largest absolute Gasteiger partial charge is 0.328 e. The van der Waals surface area contributed by atoms with Gasteiger partial charge in [0.25, 0.3) is 0 Å². The van der Waals surface area contributed by atoms with Crippen molar-refractivity contribution >= 4 is 5.91 Å². The van der Waals surface area contributed by atoms with Crippen LogP contribution >= 0.6 is 0 Å². The van der Waals surface area contributed by atoms with Crippen LogP contribution in [0.4, 0.5) is 0 Å². The van der Waals surface area contributed by atoms with Crippen molar-refractivity contribution in [3.63, 3.8) is 0 Å². The Balaban J connectivity index is 1.83. The van der Waals surface area contributed by atoms with Crippen molar-refractivity contribution in [1.82, 2.24) is 15.1 Å². The van der Waals surface area contributed by atoms with Crippen LogP contribution in [0.15, 0.2) is 0 Å². The molecule has 0 aliphatic carbocycles. The number of rotatable bonds is 5. The van der Waals surface area contributed by atoms with Crippen LogP contribution in [-0.4, -0.2) is 54.6 Å². The molecule has 0 radical (unpaired) electrons. The molecule has 0 bridgehead atoms. The summed E-state index contributed by atoms with van der Waals surface area (Å²) in [6.07, 6.45) is 2.30. The third kappa shape index (κ3) is 2.86. The summed E-state index contributed by atoms with van der Waals surface area (Å²) >= 11 is 0. The van der Waals surface area contributed by atoms with Crippen LogP contribution < -0.4 is 5.32 Å². The first kappa shape index (κ1) is 13.8. The smallest absolute Gasteiger partial charge is 0.241 e. The van der Waals surface area contributed by atoms with Gasteiger partial charge >= 0.3 is 0 Å². The summed E-state index contributed by atoms with van der Waals surface area (Å²) in [6.45, 7) is 11.7. The number of nitrogens with zero attached hydrogens (tertiary/aromatic N) is 2. The lowest BCUT2D eigenvalue weighted by molar-refractivity contribution is -0.130. The van der Waals surface area contributed by atoms with Gasteiger partial charge in [0.2, 0.25) is 5.91 Å². The predicted molar refractivity (Wildman–Crippen MR) is 73.2 cm³/mol. The van der Waals surface area contributed by atoms with Crippen LogP contribution in [0.1, 0.15) is 33.6 Å². The van der Waals surface area contributed by atoms with E-state index in [2.05, 4.69) is 31.0 Å². The van der Waals surface area contributed by atoms with Crippen LogP contribution in [0, 0.1) is 11.8 Å². The van der Waals surface area contributed by atoms with E-state index in [1.54, 1.807) is 0 Å². The molecule has 2 fully saturated rings. The third-order valence-corrected chi connectivity index (χ3v) is 4.59. The second-order valence-corrected chi connectivity index (χ2v) is 5.83. The van der Waals surface area contributed by atoms with E-state index in [0.29, 0.717) is 17.7 Å². The molecule has 4 nitrogen and oxygen atoms in total. The molecule has 2 aliphatic heterocycles. The maximum Gasteiger partial charge on any atom is 0.241 e. The van der Waals surface area contributed by atoms with Crippen LogP contribution in [0.25, 0.3) is 0 Å². The number of hydrogen-bond donors (Lipinski definition) is 1. The highest BCUT2D eigenvalue weighted by Gasteiger charge is 2.36. The first-order valence-electron chi connectivity index (χ1n) is 7.40. The van der Waals surface area contributed by atoms with Crippen LogP contribution in [0.5, 0.6) is 0 Å². The Kier molecular flexibility index (Phi) is 4.62. The molecular formula is C14H27N3O. The normalized spacial score (nSPS) is 31.3. The van der Waals surface area contributed by atoms with Gasteiger partial charge in [-0.05, 0) is 31.3 Å². The molecule has 0 saturated carbocycles. The number of amides is 1. The van der Waals surface area contributed by atoms with E-state index < -0.39 is 0 Å². The van der Waals surface area contributed by atoms with Gasteiger partial charge in [-0.2, -0.15) is 0 Å². The highest BCUT2D eigenvalue weighted by Crippen LogP contribution is 2.21. The van der Waals surface area contributed by atoms with E-state index in [1.807, 2.05) is 4.90 Å². The van der Waals surface area contributed by atoms with Crippen molar-refractivity contribution < 1.29 is 4.79 Å². The van der Waals surface area contributed by atoms with E-state index in [1.165, 1.54) is 13.0 Å². The average molecular weight is 253 g/mol. The molecule has 2 heterocycles. The maximum absolute atomic E-state index is 12.3. The lowest BCUT2D eigenvalue weighted by Crippen LogP contribution is -2.37. The molecule has 2 saturated heterocycles. The van der Waals surface area contributed by atoms with Crippen LogP contribution in [0.2, 0.25) is 0 Å². The van der Waals surface area contributed by atoms with Gasteiger partial charge in [-0.3, -0.25) is 10.1 Å². The molecule has 3 atom stereocenters. The fourth-order valence-corrected chi connectivity index (χ4v) is 3.07. The lowest BCUT2D eigenvalue weighted by Gasteiger charge is -2.21. The van der Waals surface area contributed by atoms with Gasteiger partial charge in [-0.1, -0.05) is 27.2 Å². The van der Waals surface area contributed by atoms with Crippen molar-refractivity contribution in [2.45, 2.75) is 39.7 Å². The van der Waals surface area contributed by atoms with Crippen molar-refractivity contribution in [3.05, 3.63) is 0 Å². The molecule has 0 aromatic carbocycles. The fourth-order valence-electron chi connectivity index (χ4n) is 3.07. The van der Waals surface area contributed by atoms with Gasteiger partial charge in [0.05, 0.1) is 12.7 Å². The minimum atomic E-state index is 0.0543. The van der Waals surface area contributed by atoms with Gasteiger partial charge < -0.3 is 9.80 Å². The van der Waals surface area contributed by atoms with E-state index in [0.717, 1.165) is 32.7 Å². The SMILES string of the molecule is CCC(C)C1NCN(CC2CCN(CC)C2)C1=O. The molecule has 0 aromatic rings. The Morgan fingerprint density at radius 1 is 1.44 bits per heavy atom. The zero-order valence-electron chi connectivity index (χ0n) is 12.0. The molecule has 0 spiro atoms. The first-order chi connectivity index (χ1) is 8.65. The summed E-state index contributed by atoms with van der Waals surface area (Å²) in [5.41, 5.74) is 0. The first-order valence-corrected chi connectivity index (χ1v) is 7.40. The molecule has 3 unspecified atom stereocenters. The standard InChI is InChI=1S/C14H27N3O/c1-4-11(3)13-14(18)17(10-15-13)9-12-6-7-16(5-2)8-12/h11-13,15H,4-10H2,1-3H3. The van der Waals surface area contributed by atoms with Crippen molar-refractivity contribution in [2.24, 2.45) is 11.8 Å². The summed E-state index contributed by atoms with van der Waals surface area (Å²) in [7, 11) is 0. The van der Waals surface area contributed by atoms with E-state index in [9.17, 15) is 4.79 Å². The Hall–Kier alpha value is -0.610. The highest BCUT2D eigenvalue weighted by atomic mass is 16.2. The number of hydrogen-bond acceptors (Lipinski definition) is 3. The van der Waals surface area contributed by atoms with Gasteiger partial charge in [0.1, 0.15) is 0 Å². The second kappa shape index (κ2) is 6.02. The fraction of sp³-hybridized carbons (Fsp3) is 0.929. The highest BCUT2D eigenvalue weighted by molar-refractivity contribution is 5.84. The quantitative estimate of drug-likeness (QED) is 0.798. The third-order valence-electron chi connectivity index (χ3n) is 4.59. The number of likely N-dealkylation sites (tertiary alicyclic amines) is 1. The molecule has 4 heteroatoms. The summed E-state index contributed by atoms with van der Waals surface area (Å²) < 4.78 is 0. The van der Waals surface area contributed by atoms with Gasteiger partial charge in [0.15, 0.2) is 0 Å². The molecule has 2 rings (SSSR count). The van der Waals surface area contributed by atoms with Crippen LogP contribution in [-0.2, 0) is 4.79 Å². The van der Waals surface area contributed by atoms with E-state index >= 15 is 0 Å². The molecule has 1 N–H and O–H groups in total. The Labute approximate surface area is 111 Å². The molecule has 18 heavy (non-hydrogen) atoms. The van der Waals surface area contributed by atoms with E-state index in [4.69, 9.17) is 0 Å². The molecule has 0 aromatic heterocycles. The molecule has 2 aliphatic rings. The number of carbonyl (C=O) groups excluding carboxylic acids is 1. The monoisotopic (exact) mass is 253 g/mol. The Morgan fingerprint density at radius 2 is 2.22 bits per heavy atom. The zero-order valence-corrected chi connectivity index (χ0v) is 12.0. The second-order valence-electron chi connectivity index (χ2n) is 5.83. The van der Waals surface area contributed by atoms with Gasteiger partial charge in [-0.15, -0.1) is 0 Å². The summed E-state index contributed by atoms with van der Waals surface area (Å²) in [6, 6.07) is 0.0543. The summed E-state index contributed by atoms with van der Waals surface area (Å²) in [5.74, 6) is 1.43. The topological polar surface area (TPSA) is 35.6 Å². The van der Waals surface area contributed by atoms with Gasteiger partial charge in [0, 0.05) is 13.1 Å². The molecule has 1 amide bonds. The zero-order chi connectivity index (χ0) is 13.1. The van der Waals surface area contributed by atoms with Crippen LogP contribution in [0.3, 0.4) is 0 Å². The minimum Gasteiger partial charge on any atom is -0.328 e. The Morgan fingerprint density at radius 3 is 2.83 bits per heavy atom. The Bertz CT molecular complexity index is 295. The minimum absolute atomic E-state index is 0.0543. The number of carbonyl (C=O) groups is 1. The average Bonchev–Trinajstić information content (AvgIpc) is 2.97. The maximum atomic E-state index is 12.3.